The smallest absolute Gasteiger partial charge is 0.407 e. The van der Waals surface area contributed by atoms with Crippen molar-refractivity contribution in [1.29, 1.82) is 0 Å². The van der Waals surface area contributed by atoms with E-state index in [2.05, 4.69) is 29.6 Å². The van der Waals surface area contributed by atoms with Crippen LogP contribution in [0, 0.1) is 5.92 Å². The predicted molar refractivity (Wildman–Crippen MR) is 106 cm³/mol. The van der Waals surface area contributed by atoms with Crippen LogP contribution in [0.25, 0.3) is 11.1 Å². The monoisotopic (exact) mass is 379 g/mol. The highest BCUT2D eigenvalue weighted by atomic mass is 16.5. The molecule has 5 heteroatoms. The number of hydrogen-bond acceptors (Lipinski definition) is 3. The molecule has 2 aliphatic carbocycles. The number of ether oxygens (including phenoxy) is 1. The maximum absolute atomic E-state index is 12.4. The van der Waals surface area contributed by atoms with Gasteiger partial charge in [0.1, 0.15) is 6.61 Å². The average molecular weight is 379 g/mol. The van der Waals surface area contributed by atoms with Gasteiger partial charge in [-0.1, -0.05) is 61.4 Å². The van der Waals surface area contributed by atoms with Crippen molar-refractivity contribution in [2.45, 2.75) is 44.1 Å². The van der Waals surface area contributed by atoms with Crippen LogP contribution < -0.4 is 5.32 Å². The minimum Gasteiger partial charge on any atom is -0.481 e. The molecule has 28 heavy (non-hydrogen) atoms. The minimum atomic E-state index is -0.814. The Labute approximate surface area is 164 Å². The van der Waals surface area contributed by atoms with Gasteiger partial charge in [0.05, 0.1) is 6.42 Å². The van der Waals surface area contributed by atoms with Crippen molar-refractivity contribution in [1.82, 2.24) is 5.32 Å². The number of carboxylic acid groups (broad SMARTS) is 1. The molecule has 2 aliphatic rings. The Hall–Kier alpha value is -2.82. The number of carbonyl (C=O) groups is 2. The van der Waals surface area contributed by atoms with Crippen LogP contribution in [0.2, 0.25) is 0 Å². The Morgan fingerprint density at radius 3 is 2.21 bits per heavy atom. The zero-order valence-electron chi connectivity index (χ0n) is 15.8. The van der Waals surface area contributed by atoms with Gasteiger partial charge in [-0.25, -0.2) is 4.79 Å². The van der Waals surface area contributed by atoms with E-state index in [1.165, 1.54) is 22.3 Å². The second-order valence-electron chi connectivity index (χ2n) is 7.72. The van der Waals surface area contributed by atoms with Crippen LogP contribution in [0.4, 0.5) is 4.79 Å². The van der Waals surface area contributed by atoms with E-state index in [1.54, 1.807) is 0 Å². The Bertz CT molecular complexity index is 833. The van der Waals surface area contributed by atoms with E-state index in [9.17, 15) is 9.59 Å². The number of alkyl carbamates (subject to hydrolysis) is 1. The second-order valence-corrected chi connectivity index (χ2v) is 7.72. The molecule has 0 radical (unpaired) electrons. The van der Waals surface area contributed by atoms with Gasteiger partial charge in [-0.2, -0.15) is 0 Å². The van der Waals surface area contributed by atoms with E-state index in [1.807, 2.05) is 24.3 Å². The summed E-state index contributed by atoms with van der Waals surface area (Å²) in [5.41, 5.74) is 4.75. The third kappa shape index (κ3) is 3.75. The van der Waals surface area contributed by atoms with E-state index >= 15 is 0 Å². The molecule has 2 aromatic rings. The molecule has 4 rings (SSSR count). The van der Waals surface area contributed by atoms with Crippen molar-refractivity contribution in [2.75, 3.05) is 6.61 Å². The van der Waals surface area contributed by atoms with Crippen LogP contribution >= 0.6 is 0 Å². The maximum atomic E-state index is 12.4. The van der Waals surface area contributed by atoms with Gasteiger partial charge in [0, 0.05) is 12.0 Å². The fourth-order valence-corrected chi connectivity index (χ4v) is 4.66. The van der Waals surface area contributed by atoms with Crippen molar-refractivity contribution in [3.63, 3.8) is 0 Å². The van der Waals surface area contributed by atoms with Gasteiger partial charge < -0.3 is 15.2 Å². The highest BCUT2D eigenvalue weighted by molar-refractivity contribution is 5.79. The minimum absolute atomic E-state index is 0.0215. The first-order valence-corrected chi connectivity index (χ1v) is 9.97. The van der Waals surface area contributed by atoms with E-state index < -0.39 is 12.1 Å². The van der Waals surface area contributed by atoms with Crippen molar-refractivity contribution in [3.8, 4) is 11.1 Å². The molecular weight excluding hydrogens is 354 g/mol. The van der Waals surface area contributed by atoms with Crippen molar-refractivity contribution >= 4 is 12.1 Å². The van der Waals surface area contributed by atoms with Gasteiger partial charge in [-0.05, 0) is 41.0 Å². The summed E-state index contributed by atoms with van der Waals surface area (Å²) in [6.45, 7) is 0.274. The Balaban J connectivity index is 1.42. The number of nitrogens with one attached hydrogen (secondary N) is 1. The molecule has 146 valence electrons. The first-order chi connectivity index (χ1) is 13.6. The summed E-state index contributed by atoms with van der Waals surface area (Å²) in [7, 11) is 0. The second kappa shape index (κ2) is 8.05. The number of aliphatic carboxylic acids is 1. The van der Waals surface area contributed by atoms with Gasteiger partial charge >= 0.3 is 12.1 Å². The summed E-state index contributed by atoms with van der Waals surface area (Å²) in [6, 6.07) is 16.3. The number of carboxylic acids is 1. The van der Waals surface area contributed by atoms with Gasteiger partial charge in [-0.15, -0.1) is 0 Å². The fourth-order valence-electron chi connectivity index (χ4n) is 4.66. The summed E-state index contributed by atoms with van der Waals surface area (Å²) in [4.78, 5) is 23.5. The first-order valence-electron chi connectivity index (χ1n) is 9.97. The lowest BCUT2D eigenvalue weighted by molar-refractivity contribution is -0.138. The van der Waals surface area contributed by atoms with E-state index in [-0.39, 0.29) is 30.9 Å². The molecule has 0 aliphatic heterocycles. The maximum Gasteiger partial charge on any atom is 0.407 e. The van der Waals surface area contributed by atoms with E-state index in [0.29, 0.717) is 0 Å². The third-order valence-electron chi connectivity index (χ3n) is 5.99. The molecule has 0 bridgehead atoms. The van der Waals surface area contributed by atoms with Gasteiger partial charge in [0.25, 0.3) is 0 Å². The Morgan fingerprint density at radius 2 is 1.57 bits per heavy atom. The number of benzene rings is 2. The number of amides is 1. The van der Waals surface area contributed by atoms with Crippen molar-refractivity contribution in [2.24, 2.45) is 5.92 Å². The predicted octanol–water partition coefficient (Wildman–Crippen LogP) is 4.56. The highest BCUT2D eigenvalue weighted by Gasteiger charge is 2.31. The summed E-state index contributed by atoms with van der Waals surface area (Å²) in [6.07, 6.45) is 3.30. The molecule has 1 fully saturated rings. The number of carbonyl (C=O) groups excluding carboxylic acids is 1. The molecule has 1 saturated carbocycles. The average Bonchev–Trinajstić information content (AvgIpc) is 3.01. The number of fused-ring (bicyclic) bond motifs is 3. The van der Waals surface area contributed by atoms with Crippen LogP contribution in [0.1, 0.15) is 49.1 Å². The zero-order chi connectivity index (χ0) is 19.5. The summed E-state index contributed by atoms with van der Waals surface area (Å²) >= 11 is 0. The van der Waals surface area contributed by atoms with Crippen LogP contribution in [0.15, 0.2) is 48.5 Å². The highest BCUT2D eigenvalue weighted by Crippen LogP contribution is 2.44. The van der Waals surface area contributed by atoms with E-state index in [0.717, 1.165) is 25.7 Å². The molecular formula is C23H25NO4. The van der Waals surface area contributed by atoms with Gasteiger partial charge in [0.2, 0.25) is 0 Å². The number of hydrogen-bond donors (Lipinski definition) is 2. The van der Waals surface area contributed by atoms with Crippen molar-refractivity contribution in [3.05, 3.63) is 59.7 Å². The molecule has 2 N–H and O–H groups in total. The molecule has 0 unspecified atom stereocenters. The third-order valence-corrected chi connectivity index (χ3v) is 5.99. The molecule has 0 aromatic heterocycles. The molecule has 0 spiro atoms. The Kier molecular flexibility index (Phi) is 5.33. The summed E-state index contributed by atoms with van der Waals surface area (Å²) < 4.78 is 5.60. The van der Waals surface area contributed by atoms with Gasteiger partial charge in [0.15, 0.2) is 0 Å². The normalized spacial score (nSPS) is 20.9. The molecule has 5 nitrogen and oxygen atoms in total. The molecule has 1 amide bonds. The number of rotatable bonds is 5. The lowest BCUT2D eigenvalue weighted by Gasteiger charge is -2.31. The topological polar surface area (TPSA) is 75.6 Å². The van der Waals surface area contributed by atoms with Gasteiger partial charge in [-0.3, -0.25) is 4.79 Å². The van der Waals surface area contributed by atoms with Crippen LogP contribution in [0.3, 0.4) is 0 Å². The van der Waals surface area contributed by atoms with Crippen molar-refractivity contribution < 1.29 is 19.4 Å². The van der Waals surface area contributed by atoms with E-state index in [4.69, 9.17) is 9.84 Å². The van der Waals surface area contributed by atoms with Crippen LogP contribution in [-0.4, -0.2) is 29.8 Å². The van der Waals surface area contributed by atoms with Crippen LogP contribution in [-0.2, 0) is 9.53 Å². The molecule has 0 heterocycles. The first kappa shape index (κ1) is 18.5. The summed E-state index contributed by atoms with van der Waals surface area (Å²) in [5, 5.41) is 12.0. The fraction of sp³-hybridized carbons (Fsp3) is 0.391. The summed E-state index contributed by atoms with van der Waals surface area (Å²) in [5.74, 6) is -0.808. The molecule has 2 aromatic carbocycles. The zero-order valence-corrected chi connectivity index (χ0v) is 15.8. The SMILES string of the molecule is O=C(O)C[C@H]1CCCC[C@@H]1NC(=O)OCC1c2ccccc2-c2ccccc21. The lowest BCUT2D eigenvalue weighted by atomic mass is 9.82. The standard InChI is InChI=1S/C23H25NO4/c25-22(26)13-15-7-1-6-12-21(15)24-23(27)28-14-20-18-10-4-2-8-16(18)17-9-3-5-11-19(17)20/h2-5,8-11,15,20-21H,1,6-7,12-14H2,(H,24,27)(H,25,26)/t15-,21+/m1/s1. The molecule has 2 atom stereocenters. The quantitative estimate of drug-likeness (QED) is 0.799. The largest absolute Gasteiger partial charge is 0.481 e. The Morgan fingerprint density at radius 1 is 0.964 bits per heavy atom. The lowest BCUT2D eigenvalue weighted by Crippen LogP contribution is -2.43. The molecule has 0 saturated heterocycles. The van der Waals surface area contributed by atoms with Crippen LogP contribution in [0.5, 0.6) is 0 Å².